The summed E-state index contributed by atoms with van der Waals surface area (Å²) in [5.74, 6) is -1.22. The Kier molecular flexibility index (Phi) is 7.26. The molecule has 2 fully saturated rings. The van der Waals surface area contributed by atoms with E-state index in [2.05, 4.69) is 48.3 Å². The Morgan fingerprint density at radius 1 is 1.23 bits per heavy atom. The molecule has 10 heteroatoms. The number of nitrogen functional groups attached to an aromatic ring is 1. The van der Waals surface area contributed by atoms with Gasteiger partial charge in [-0.3, -0.25) is 0 Å². The largest absolute Gasteiger partial charge is 0.481 e. The van der Waals surface area contributed by atoms with Gasteiger partial charge in [-0.1, -0.05) is 36.4 Å². The first kappa shape index (κ1) is 27.9. The second kappa shape index (κ2) is 10.4. The number of fused-ring (bicyclic) bond motifs is 3. The number of halogens is 3. The summed E-state index contributed by atoms with van der Waals surface area (Å²) in [6.07, 6.45) is -2.44. The molecular weight excluding hydrogens is 523 g/mol. The maximum atomic E-state index is 12.5. The average molecular weight is 556 g/mol. The normalized spacial score (nSPS) is 21.8. The number of benzene rings is 2. The van der Waals surface area contributed by atoms with Gasteiger partial charge in [0.05, 0.1) is 18.1 Å². The van der Waals surface area contributed by atoms with Crippen LogP contribution in [0.15, 0.2) is 48.7 Å². The summed E-state index contributed by atoms with van der Waals surface area (Å²) in [6.45, 7) is 4.21. The van der Waals surface area contributed by atoms with Crippen LogP contribution >= 0.6 is 0 Å². The number of nitrogens with two attached hydrogens (primary N) is 2. The maximum absolute atomic E-state index is 12.5. The van der Waals surface area contributed by atoms with E-state index >= 15 is 0 Å². The summed E-state index contributed by atoms with van der Waals surface area (Å²) in [7, 11) is 0. The number of ether oxygens (including phenoxy) is 2. The van der Waals surface area contributed by atoms with E-state index in [1.807, 2.05) is 0 Å². The van der Waals surface area contributed by atoms with E-state index in [-0.39, 0.29) is 28.9 Å². The Bertz CT molecular complexity index is 1440. The summed E-state index contributed by atoms with van der Waals surface area (Å²) >= 11 is 0. The van der Waals surface area contributed by atoms with Gasteiger partial charge in [-0.15, -0.1) is 0 Å². The Morgan fingerprint density at radius 2 is 1.95 bits per heavy atom. The van der Waals surface area contributed by atoms with E-state index in [9.17, 15) is 18.0 Å². The number of rotatable bonds is 6. The molecule has 2 unspecified atom stereocenters. The SMILES string of the molecule is CC1OCC1(CN)c1ccc2c(c1N)Cc1ccccc1-2.C[C@@H](Oc1cc(C(=O)O)ncc1C1CC1)C(F)(F)F. The predicted octanol–water partition coefficient (Wildman–Crippen LogP) is 5.44. The van der Waals surface area contributed by atoms with Crippen molar-refractivity contribution in [1.82, 2.24) is 4.98 Å². The summed E-state index contributed by atoms with van der Waals surface area (Å²) in [4.78, 5) is 14.5. The summed E-state index contributed by atoms with van der Waals surface area (Å²) in [5, 5.41) is 8.81. The summed E-state index contributed by atoms with van der Waals surface area (Å²) < 4.78 is 47.9. The lowest BCUT2D eigenvalue weighted by Gasteiger charge is -2.48. The van der Waals surface area contributed by atoms with Gasteiger partial charge in [0.2, 0.25) is 0 Å². The highest BCUT2D eigenvalue weighted by molar-refractivity contribution is 5.86. The summed E-state index contributed by atoms with van der Waals surface area (Å²) in [6, 6.07) is 13.9. The molecule has 5 N–H and O–H groups in total. The van der Waals surface area contributed by atoms with Crippen molar-refractivity contribution in [3.05, 3.63) is 76.6 Å². The molecule has 0 bridgehead atoms. The van der Waals surface area contributed by atoms with E-state index in [0.717, 1.165) is 43.5 Å². The van der Waals surface area contributed by atoms with Crippen molar-refractivity contribution in [2.45, 2.75) is 62.8 Å². The van der Waals surface area contributed by atoms with Crippen molar-refractivity contribution in [2.24, 2.45) is 5.73 Å². The third kappa shape index (κ3) is 5.01. The van der Waals surface area contributed by atoms with Crippen molar-refractivity contribution in [1.29, 1.82) is 0 Å². The fourth-order valence-corrected chi connectivity index (χ4v) is 5.38. The fraction of sp³-hybridized carbons (Fsp3) is 0.400. The second-order valence-electron chi connectivity index (χ2n) is 10.7. The molecule has 0 spiro atoms. The van der Waals surface area contributed by atoms with Crippen LogP contribution in [0, 0.1) is 0 Å². The molecule has 1 saturated heterocycles. The zero-order chi connectivity index (χ0) is 28.8. The van der Waals surface area contributed by atoms with Gasteiger partial charge < -0.3 is 26.0 Å². The van der Waals surface area contributed by atoms with Crippen molar-refractivity contribution in [3.63, 3.8) is 0 Å². The lowest BCUT2D eigenvalue weighted by Crippen LogP contribution is -2.58. The standard InChI is InChI=1S/C18H20N2O.C12H12F3NO3/c1-11-18(9-19,10-21-11)16-7-6-14-13-5-3-2-4-12(13)8-15(14)17(16)20;1-6(12(13,14)15)19-10-4-9(11(17)18)16-5-8(10)7-2-3-7/h2-7,11H,8-10,19-20H2,1H3;4-7H,2-3H2,1H3,(H,17,18)/t;6-/m.1/s1. The fourth-order valence-electron chi connectivity index (χ4n) is 5.38. The van der Waals surface area contributed by atoms with Crippen LogP contribution in [0.2, 0.25) is 0 Å². The first-order valence-corrected chi connectivity index (χ1v) is 13.2. The monoisotopic (exact) mass is 555 g/mol. The van der Waals surface area contributed by atoms with E-state index in [1.54, 1.807) is 0 Å². The molecule has 2 aromatic carbocycles. The quantitative estimate of drug-likeness (QED) is 0.271. The number of hydrogen-bond donors (Lipinski definition) is 3. The highest BCUT2D eigenvalue weighted by atomic mass is 19.4. The zero-order valence-corrected chi connectivity index (χ0v) is 22.3. The molecule has 0 amide bonds. The maximum Gasteiger partial charge on any atom is 0.425 e. The van der Waals surface area contributed by atoms with Crippen LogP contribution in [-0.4, -0.2) is 47.6 Å². The van der Waals surface area contributed by atoms with E-state index in [4.69, 9.17) is 26.0 Å². The molecule has 1 aromatic heterocycles. The number of nitrogens with zero attached hydrogens (tertiary/aromatic N) is 1. The third-order valence-electron chi connectivity index (χ3n) is 8.20. The van der Waals surface area contributed by atoms with Gasteiger partial charge in [0.25, 0.3) is 0 Å². The molecule has 212 valence electrons. The third-order valence-corrected chi connectivity index (χ3v) is 8.20. The van der Waals surface area contributed by atoms with E-state index in [0.29, 0.717) is 18.7 Å². The van der Waals surface area contributed by atoms with E-state index < -0.39 is 18.2 Å². The highest BCUT2D eigenvalue weighted by Crippen LogP contribution is 2.47. The summed E-state index contributed by atoms with van der Waals surface area (Å²) in [5.41, 5.74) is 19.9. The molecular formula is C30H32F3N3O4. The molecule has 1 aliphatic heterocycles. The molecule has 1 saturated carbocycles. The molecule has 6 rings (SSSR count). The Hall–Kier alpha value is -3.63. The lowest BCUT2D eigenvalue weighted by molar-refractivity contribution is -0.189. The van der Waals surface area contributed by atoms with Gasteiger partial charge in [0.1, 0.15) is 5.75 Å². The lowest BCUT2D eigenvalue weighted by atomic mass is 9.71. The minimum absolute atomic E-state index is 0.0419. The predicted molar refractivity (Wildman–Crippen MR) is 145 cm³/mol. The number of carbonyl (C=O) groups is 1. The molecule has 2 aliphatic carbocycles. The van der Waals surface area contributed by atoms with Gasteiger partial charge >= 0.3 is 12.1 Å². The molecule has 3 aromatic rings. The minimum atomic E-state index is -4.49. The first-order chi connectivity index (χ1) is 19.0. The van der Waals surface area contributed by atoms with Crippen LogP contribution < -0.4 is 16.2 Å². The molecule has 0 radical (unpaired) electrons. The number of alkyl halides is 3. The van der Waals surface area contributed by atoms with Gasteiger partial charge in [-0.2, -0.15) is 13.2 Å². The van der Waals surface area contributed by atoms with Crippen molar-refractivity contribution >= 4 is 11.7 Å². The Labute approximate surface area is 230 Å². The molecule has 3 aliphatic rings. The van der Waals surface area contributed by atoms with Gasteiger partial charge in [-0.05, 0) is 60.4 Å². The van der Waals surface area contributed by atoms with Crippen LogP contribution in [0.5, 0.6) is 5.75 Å². The second-order valence-corrected chi connectivity index (χ2v) is 10.7. The number of carboxylic acid groups (broad SMARTS) is 1. The molecule has 2 heterocycles. The molecule has 3 atom stereocenters. The number of hydrogen-bond acceptors (Lipinski definition) is 6. The van der Waals surface area contributed by atoms with Crippen LogP contribution in [0.25, 0.3) is 11.1 Å². The minimum Gasteiger partial charge on any atom is -0.481 e. The van der Waals surface area contributed by atoms with Crippen LogP contribution in [0.1, 0.15) is 65.3 Å². The van der Waals surface area contributed by atoms with Gasteiger partial charge in [-0.25, -0.2) is 9.78 Å². The van der Waals surface area contributed by atoms with Gasteiger partial charge in [0.15, 0.2) is 11.8 Å². The topological polar surface area (TPSA) is 121 Å². The van der Waals surface area contributed by atoms with Crippen molar-refractivity contribution in [2.75, 3.05) is 18.9 Å². The number of aromatic nitrogens is 1. The molecule has 7 nitrogen and oxygen atoms in total. The number of aromatic carboxylic acids is 1. The Balaban J connectivity index is 0.000000162. The number of pyridine rings is 1. The average Bonchev–Trinajstić information content (AvgIpc) is 3.69. The van der Waals surface area contributed by atoms with Crippen LogP contribution in [0.4, 0.5) is 18.9 Å². The zero-order valence-electron chi connectivity index (χ0n) is 22.3. The number of carboxylic acids is 1. The van der Waals surface area contributed by atoms with Crippen LogP contribution in [0.3, 0.4) is 0 Å². The highest BCUT2D eigenvalue weighted by Gasteiger charge is 2.48. The van der Waals surface area contributed by atoms with Crippen LogP contribution in [-0.2, 0) is 16.6 Å². The van der Waals surface area contributed by atoms with Crippen molar-refractivity contribution in [3.8, 4) is 16.9 Å². The van der Waals surface area contributed by atoms with Gasteiger partial charge in [0, 0.05) is 36.5 Å². The number of anilines is 1. The van der Waals surface area contributed by atoms with E-state index in [1.165, 1.54) is 28.5 Å². The smallest absolute Gasteiger partial charge is 0.425 e. The first-order valence-electron chi connectivity index (χ1n) is 13.2. The molecule has 40 heavy (non-hydrogen) atoms. The Morgan fingerprint density at radius 3 is 2.52 bits per heavy atom. The van der Waals surface area contributed by atoms with Crippen molar-refractivity contribution < 1.29 is 32.5 Å².